The molecule has 2 aromatic carbocycles. The van der Waals surface area contributed by atoms with Gasteiger partial charge >= 0.3 is 0 Å². The van der Waals surface area contributed by atoms with E-state index in [0.29, 0.717) is 30.9 Å². The molecule has 1 aromatic heterocycles. The van der Waals surface area contributed by atoms with Crippen molar-refractivity contribution >= 4 is 17.8 Å². The van der Waals surface area contributed by atoms with E-state index >= 15 is 0 Å². The van der Waals surface area contributed by atoms with Gasteiger partial charge in [0.1, 0.15) is 5.82 Å². The molecule has 33 heavy (non-hydrogen) atoms. The van der Waals surface area contributed by atoms with E-state index in [0.717, 1.165) is 35.3 Å². The van der Waals surface area contributed by atoms with Crippen LogP contribution in [0.3, 0.4) is 0 Å². The fourth-order valence-corrected chi connectivity index (χ4v) is 4.54. The van der Waals surface area contributed by atoms with Crippen LogP contribution in [-0.2, 0) is 11.2 Å². The first-order valence-corrected chi connectivity index (χ1v) is 11.4. The van der Waals surface area contributed by atoms with Gasteiger partial charge in [-0.2, -0.15) is 5.10 Å². The van der Waals surface area contributed by atoms with E-state index in [2.05, 4.69) is 45.6 Å². The third kappa shape index (κ3) is 5.48. The monoisotopic (exact) mass is 447 g/mol. The minimum Gasteiger partial charge on any atom is -0.384 e. The molecule has 1 fully saturated rings. The number of carbonyl (C=O) groups is 1. The number of carbonyl (C=O) groups excluding carboxylic acids is 1. The van der Waals surface area contributed by atoms with Gasteiger partial charge in [-0.15, -0.1) is 0 Å². The molecule has 2 atom stereocenters. The van der Waals surface area contributed by atoms with Crippen LogP contribution >= 0.6 is 0 Å². The summed E-state index contributed by atoms with van der Waals surface area (Å²) in [6.07, 6.45) is 7.23. The zero-order valence-electron chi connectivity index (χ0n) is 19.1. The van der Waals surface area contributed by atoms with Gasteiger partial charge in [0.15, 0.2) is 0 Å². The number of anilines is 1. The van der Waals surface area contributed by atoms with Crippen LogP contribution in [-0.4, -0.2) is 53.4 Å². The maximum Gasteiger partial charge on any atom is 0.223 e. The average molecular weight is 448 g/mol. The van der Waals surface area contributed by atoms with E-state index in [4.69, 9.17) is 0 Å². The van der Waals surface area contributed by atoms with Crippen molar-refractivity contribution in [3.8, 4) is 11.1 Å². The van der Waals surface area contributed by atoms with E-state index in [1.807, 2.05) is 23.4 Å². The first-order valence-electron chi connectivity index (χ1n) is 11.4. The number of aromatic amines is 1. The molecule has 7 heteroatoms. The molecule has 2 heterocycles. The van der Waals surface area contributed by atoms with Gasteiger partial charge in [0, 0.05) is 61.8 Å². The number of halogens is 1. The quantitative estimate of drug-likeness (QED) is 0.498. The molecule has 0 bridgehead atoms. The summed E-state index contributed by atoms with van der Waals surface area (Å²) in [5.74, 6) is 0.209. The molecule has 4 rings (SSSR count). The van der Waals surface area contributed by atoms with E-state index in [-0.39, 0.29) is 17.8 Å². The number of aryl methyl sites for hydroxylation is 1. The van der Waals surface area contributed by atoms with E-state index in [1.54, 1.807) is 25.4 Å². The molecule has 0 spiro atoms. The minimum atomic E-state index is -0.243. The Kier molecular flexibility index (Phi) is 7.17. The topological polar surface area (TPSA) is 73.4 Å². The summed E-state index contributed by atoms with van der Waals surface area (Å²) >= 11 is 0. The van der Waals surface area contributed by atoms with Gasteiger partial charge < -0.3 is 10.2 Å². The third-order valence-corrected chi connectivity index (χ3v) is 6.28. The summed E-state index contributed by atoms with van der Waals surface area (Å²) in [4.78, 5) is 19.0. The molecular weight excluding hydrogens is 417 g/mol. The Morgan fingerprint density at radius 1 is 1.30 bits per heavy atom. The molecule has 0 saturated carbocycles. The number of H-pyrrole nitrogens is 1. The lowest BCUT2D eigenvalue weighted by Crippen LogP contribution is -2.34. The molecule has 0 radical (unpaired) electrons. The van der Waals surface area contributed by atoms with Crippen molar-refractivity contribution in [1.29, 1.82) is 0 Å². The van der Waals surface area contributed by atoms with Gasteiger partial charge in [-0.05, 0) is 55.0 Å². The van der Waals surface area contributed by atoms with Gasteiger partial charge in [0.2, 0.25) is 5.91 Å². The zero-order valence-corrected chi connectivity index (χ0v) is 19.1. The summed E-state index contributed by atoms with van der Waals surface area (Å²) in [7, 11) is 1.76. The van der Waals surface area contributed by atoms with Gasteiger partial charge in [-0.3, -0.25) is 14.9 Å². The van der Waals surface area contributed by atoms with E-state index < -0.39 is 0 Å². The van der Waals surface area contributed by atoms with Crippen LogP contribution in [0.1, 0.15) is 30.9 Å². The SMILES string of the molecule is CN=Cc1cc(-c2cn[nH]c2)ccc1NC[C@@H]1C[C@H](C)N(C(=O)CCc2ccccc2F)C1. The van der Waals surface area contributed by atoms with Gasteiger partial charge in [-0.25, -0.2) is 4.39 Å². The second-order valence-corrected chi connectivity index (χ2v) is 8.65. The average Bonchev–Trinajstić information content (AvgIpc) is 3.48. The molecule has 172 valence electrons. The number of aromatic nitrogens is 2. The smallest absolute Gasteiger partial charge is 0.223 e. The van der Waals surface area contributed by atoms with Gasteiger partial charge in [0.25, 0.3) is 0 Å². The number of likely N-dealkylation sites (tertiary alicyclic amines) is 1. The number of nitrogens with one attached hydrogen (secondary N) is 2. The first kappa shape index (κ1) is 22.7. The predicted octanol–water partition coefficient (Wildman–Crippen LogP) is 4.55. The maximum atomic E-state index is 13.9. The van der Waals surface area contributed by atoms with Crippen LogP contribution in [0.5, 0.6) is 0 Å². The number of aliphatic imine (C=N–C) groups is 1. The van der Waals surface area contributed by atoms with Crippen molar-refractivity contribution in [2.75, 3.05) is 25.5 Å². The van der Waals surface area contributed by atoms with Gasteiger partial charge in [0.05, 0.1) is 6.20 Å². The zero-order chi connectivity index (χ0) is 23.2. The van der Waals surface area contributed by atoms with Crippen molar-refractivity contribution in [1.82, 2.24) is 15.1 Å². The highest BCUT2D eigenvalue weighted by Gasteiger charge is 2.32. The first-order chi connectivity index (χ1) is 16.0. The molecule has 3 aromatic rings. The molecule has 1 amide bonds. The largest absolute Gasteiger partial charge is 0.384 e. The molecule has 1 saturated heterocycles. The lowest BCUT2D eigenvalue weighted by atomic mass is 10.0. The molecular formula is C26H30FN5O. The van der Waals surface area contributed by atoms with Crippen molar-refractivity contribution in [3.63, 3.8) is 0 Å². The molecule has 1 aliphatic heterocycles. The van der Waals surface area contributed by atoms with Crippen LogP contribution in [0.15, 0.2) is 59.9 Å². The lowest BCUT2D eigenvalue weighted by molar-refractivity contribution is -0.131. The van der Waals surface area contributed by atoms with Crippen LogP contribution in [0.25, 0.3) is 11.1 Å². The number of amides is 1. The predicted molar refractivity (Wildman–Crippen MR) is 130 cm³/mol. The Morgan fingerprint density at radius 3 is 2.91 bits per heavy atom. The molecule has 6 nitrogen and oxygen atoms in total. The van der Waals surface area contributed by atoms with Crippen molar-refractivity contribution in [2.24, 2.45) is 10.9 Å². The Hall–Kier alpha value is -3.48. The third-order valence-electron chi connectivity index (χ3n) is 6.28. The molecule has 2 N–H and O–H groups in total. The minimum absolute atomic E-state index is 0.0940. The number of nitrogens with zero attached hydrogens (tertiary/aromatic N) is 3. The number of benzene rings is 2. The lowest BCUT2D eigenvalue weighted by Gasteiger charge is -2.21. The van der Waals surface area contributed by atoms with E-state index in [9.17, 15) is 9.18 Å². The van der Waals surface area contributed by atoms with Crippen LogP contribution < -0.4 is 5.32 Å². The standard InChI is InChI=1S/C26H30FN5O/c1-18-11-19(17-32(18)26(33)10-8-20-5-3-4-6-24(20)27)13-29-25-9-7-21(12-22(25)14-28-2)23-15-30-31-16-23/h3-7,9,12,14-16,18-19,29H,8,10-11,13,17H2,1-2H3,(H,30,31)/t18-,19-/m0/s1. The second-order valence-electron chi connectivity index (χ2n) is 8.65. The Bertz CT molecular complexity index is 1110. The fraction of sp³-hybridized carbons (Fsp3) is 0.346. The fourth-order valence-electron chi connectivity index (χ4n) is 4.54. The summed E-state index contributed by atoms with van der Waals surface area (Å²) < 4.78 is 13.9. The van der Waals surface area contributed by atoms with Crippen molar-refractivity contribution < 1.29 is 9.18 Å². The van der Waals surface area contributed by atoms with Crippen LogP contribution in [0, 0.1) is 11.7 Å². The highest BCUT2D eigenvalue weighted by Crippen LogP contribution is 2.27. The highest BCUT2D eigenvalue weighted by atomic mass is 19.1. The molecule has 0 aliphatic carbocycles. The number of rotatable bonds is 8. The molecule has 1 aliphatic rings. The summed E-state index contributed by atoms with van der Waals surface area (Å²) in [5.41, 5.74) is 4.73. The molecule has 0 unspecified atom stereocenters. The summed E-state index contributed by atoms with van der Waals surface area (Å²) in [6, 6.07) is 13.1. The van der Waals surface area contributed by atoms with Crippen molar-refractivity contribution in [2.45, 2.75) is 32.2 Å². The second kappa shape index (κ2) is 10.4. The Labute approximate surface area is 193 Å². The maximum absolute atomic E-state index is 13.9. The Balaban J connectivity index is 1.35. The van der Waals surface area contributed by atoms with Gasteiger partial charge in [-0.1, -0.05) is 24.3 Å². The summed E-state index contributed by atoms with van der Waals surface area (Å²) in [6.45, 7) is 3.58. The summed E-state index contributed by atoms with van der Waals surface area (Å²) in [5, 5.41) is 10.4. The number of hydrogen-bond acceptors (Lipinski definition) is 4. The van der Waals surface area contributed by atoms with Crippen LogP contribution in [0.2, 0.25) is 0 Å². The Morgan fingerprint density at radius 2 is 2.15 bits per heavy atom. The highest BCUT2D eigenvalue weighted by molar-refractivity contribution is 5.90. The normalized spacial score (nSPS) is 18.2. The number of hydrogen-bond donors (Lipinski definition) is 2. The van der Waals surface area contributed by atoms with Crippen molar-refractivity contribution in [3.05, 3.63) is 71.8 Å². The van der Waals surface area contributed by atoms with E-state index in [1.165, 1.54) is 6.07 Å². The van der Waals surface area contributed by atoms with Crippen LogP contribution in [0.4, 0.5) is 10.1 Å².